The number of methoxy groups -OCH3 is 1. The Labute approximate surface area is 132 Å². The molecule has 0 aliphatic carbocycles. The minimum atomic E-state index is -0.395. The molecule has 112 valence electrons. The van der Waals surface area contributed by atoms with Crippen LogP contribution in [-0.2, 0) is 4.74 Å². The monoisotopic (exact) mass is 302 g/mol. The average Bonchev–Trinajstić information content (AvgIpc) is 3.03. The number of hydrogen-bond acceptors (Lipinski definition) is 3. The van der Waals surface area contributed by atoms with E-state index in [1.54, 1.807) is 10.6 Å². The number of fused-ring (bicyclic) bond motifs is 2. The van der Waals surface area contributed by atoms with Crippen LogP contribution < -0.4 is 0 Å². The van der Waals surface area contributed by atoms with Gasteiger partial charge < -0.3 is 4.74 Å². The van der Waals surface area contributed by atoms with Gasteiger partial charge in [-0.25, -0.2) is 9.31 Å². The van der Waals surface area contributed by atoms with Crippen LogP contribution in [0, 0.1) is 0 Å². The predicted octanol–water partition coefficient (Wildman–Crippen LogP) is 3.94. The molecule has 0 unspecified atom stereocenters. The molecule has 2 heterocycles. The van der Waals surface area contributed by atoms with Crippen LogP contribution in [0.1, 0.15) is 10.5 Å². The highest BCUT2D eigenvalue weighted by molar-refractivity contribution is 5.89. The second kappa shape index (κ2) is 5.25. The average molecular weight is 302 g/mol. The second-order valence-corrected chi connectivity index (χ2v) is 5.33. The molecule has 4 heteroatoms. The Morgan fingerprint density at radius 3 is 2.57 bits per heavy atom. The first-order chi connectivity index (χ1) is 11.3. The largest absolute Gasteiger partial charge is 0.464 e. The van der Waals surface area contributed by atoms with Crippen LogP contribution in [-0.4, -0.2) is 22.7 Å². The van der Waals surface area contributed by atoms with Gasteiger partial charge in [0.05, 0.1) is 18.3 Å². The predicted molar refractivity (Wildman–Crippen MR) is 89.5 cm³/mol. The quantitative estimate of drug-likeness (QED) is 0.527. The van der Waals surface area contributed by atoms with Crippen LogP contribution in [0.25, 0.3) is 27.5 Å². The van der Waals surface area contributed by atoms with Crippen molar-refractivity contribution in [3.8, 4) is 11.3 Å². The molecule has 0 saturated heterocycles. The number of benzene rings is 2. The Morgan fingerprint density at radius 2 is 1.74 bits per heavy atom. The van der Waals surface area contributed by atoms with Crippen molar-refractivity contribution in [1.82, 2.24) is 9.61 Å². The molecule has 0 atom stereocenters. The van der Waals surface area contributed by atoms with E-state index in [-0.39, 0.29) is 0 Å². The summed E-state index contributed by atoms with van der Waals surface area (Å²) in [5.74, 6) is -0.395. The van der Waals surface area contributed by atoms with Gasteiger partial charge in [-0.3, -0.25) is 0 Å². The first-order valence-corrected chi connectivity index (χ1v) is 7.32. The fourth-order valence-corrected chi connectivity index (χ4v) is 2.75. The number of rotatable bonds is 2. The maximum absolute atomic E-state index is 11.8. The Bertz CT molecular complexity index is 1030. The lowest BCUT2D eigenvalue weighted by atomic mass is 10.1. The zero-order valence-electron chi connectivity index (χ0n) is 12.6. The van der Waals surface area contributed by atoms with Crippen molar-refractivity contribution in [3.63, 3.8) is 0 Å². The van der Waals surface area contributed by atoms with Crippen molar-refractivity contribution in [2.75, 3.05) is 7.11 Å². The van der Waals surface area contributed by atoms with Gasteiger partial charge in [0, 0.05) is 5.56 Å². The summed E-state index contributed by atoms with van der Waals surface area (Å²) >= 11 is 0. The number of carbonyl (C=O) groups excluding carboxylic acids is 1. The summed E-state index contributed by atoms with van der Waals surface area (Å²) in [4.78, 5) is 11.8. The van der Waals surface area contributed by atoms with Gasteiger partial charge in [0.25, 0.3) is 0 Å². The molecule has 4 aromatic rings. The first kappa shape index (κ1) is 13.5. The van der Waals surface area contributed by atoms with Crippen LogP contribution in [0.15, 0.2) is 66.7 Å². The van der Waals surface area contributed by atoms with Gasteiger partial charge in [-0.2, -0.15) is 5.10 Å². The van der Waals surface area contributed by atoms with Crippen molar-refractivity contribution in [2.45, 2.75) is 0 Å². The van der Waals surface area contributed by atoms with E-state index < -0.39 is 5.97 Å². The summed E-state index contributed by atoms with van der Waals surface area (Å²) in [6.45, 7) is 0. The standard InChI is InChI=1S/C19H14N2O2/c1-23-19(22)18-11-9-16-8-10-17(20-21(16)18)15-7-6-13-4-2-3-5-14(13)12-15/h2-12H,1H3. The number of nitrogens with zero attached hydrogens (tertiary/aromatic N) is 2. The van der Waals surface area contributed by atoms with Gasteiger partial charge in [-0.05, 0) is 41.1 Å². The van der Waals surface area contributed by atoms with E-state index in [1.165, 1.54) is 12.5 Å². The SMILES string of the molecule is COC(=O)c1ccc2ccc(-c3ccc4ccccc4c3)nn12. The van der Waals surface area contributed by atoms with Crippen molar-refractivity contribution >= 4 is 22.3 Å². The minimum absolute atomic E-state index is 0.395. The maximum atomic E-state index is 11.8. The molecule has 0 bridgehead atoms. The molecule has 23 heavy (non-hydrogen) atoms. The Kier molecular flexibility index (Phi) is 3.08. The smallest absolute Gasteiger partial charge is 0.356 e. The summed E-state index contributed by atoms with van der Waals surface area (Å²) < 4.78 is 6.43. The molecule has 0 aliphatic rings. The third kappa shape index (κ3) is 2.25. The highest BCUT2D eigenvalue weighted by Crippen LogP contribution is 2.24. The molecule has 4 nitrogen and oxygen atoms in total. The normalized spacial score (nSPS) is 11.0. The summed E-state index contributed by atoms with van der Waals surface area (Å²) in [5, 5.41) is 6.95. The second-order valence-electron chi connectivity index (χ2n) is 5.33. The third-order valence-corrected chi connectivity index (χ3v) is 3.94. The summed E-state index contributed by atoms with van der Waals surface area (Å²) in [6.07, 6.45) is 0. The maximum Gasteiger partial charge on any atom is 0.356 e. The molecular formula is C19H14N2O2. The molecule has 0 radical (unpaired) electrons. The molecular weight excluding hydrogens is 288 g/mol. The lowest BCUT2D eigenvalue weighted by Crippen LogP contribution is -2.07. The van der Waals surface area contributed by atoms with Crippen molar-refractivity contribution in [2.24, 2.45) is 0 Å². The zero-order valence-corrected chi connectivity index (χ0v) is 12.6. The lowest BCUT2D eigenvalue weighted by molar-refractivity contribution is 0.0591. The Morgan fingerprint density at radius 1 is 0.957 bits per heavy atom. The fraction of sp³-hybridized carbons (Fsp3) is 0.0526. The minimum Gasteiger partial charge on any atom is -0.464 e. The molecule has 0 aliphatic heterocycles. The van der Waals surface area contributed by atoms with Crippen LogP contribution in [0.2, 0.25) is 0 Å². The van der Waals surface area contributed by atoms with E-state index in [9.17, 15) is 4.79 Å². The van der Waals surface area contributed by atoms with E-state index in [1.807, 2.05) is 36.4 Å². The van der Waals surface area contributed by atoms with Gasteiger partial charge in [-0.1, -0.05) is 36.4 Å². The number of carbonyl (C=O) groups is 1. The van der Waals surface area contributed by atoms with Crippen molar-refractivity contribution in [1.29, 1.82) is 0 Å². The van der Waals surface area contributed by atoms with E-state index in [0.717, 1.165) is 22.2 Å². The van der Waals surface area contributed by atoms with Crippen LogP contribution in [0.4, 0.5) is 0 Å². The van der Waals surface area contributed by atoms with E-state index in [0.29, 0.717) is 5.69 Å². The fourth-order valence-electron chi connectivity index (χ4n) is 2.75. The molecule has 0 saturated carbocycles. The van der Waals surface area contributed by atoms with Gasteiger partial charge in [0.15, 0.2) is 5.69 Å². The highest BCUT2D eigenvalue weighted by atomic mass is 16.5. The van der Waals surface area contributed by atoms with E-state index in [2.05, 4.69) is 29.4 Å². The number of aromatic nitrogens is 2. The van der Waals surface area contributed by atoms with Crippen molar-refractivity contribution < 1.29 is 9.53 Å². The topological polar surface area (TPSA) is 43.6 Å². The van der Waals surface area contributed by atoms with E-state index >= 15 is 0 Å². The number of esters is 1. The summed E-state index contributed by atoms with van der Waals surface area (Å²) in [7, 11) is 1.37. The van der Waals surface area contributed by atoms with Crippen LogP contribution >= 0.6 is 0 Å². The summed E-state index contributed by atoms with van der Waals surface area (Å²) in [6, 6.07) is 21.9. The van der Waals surface area contributed by atoms with Crippen molar-refractivity contribution in [3.05, 3.63) is 72.4 Å². The molecule has 0 amide bonds. The summed E-state index contributed by atoms with van der Waals surface area (Å²) in [5.41, 5.74) is 3.10. The third-order valence-electron chi connectivity index (χ3n) is 3.94. The first-order valence-electron chi connectivity index (χ1n) is 7.32. The van der Waals surface area contributed by atoms with E-state index in [4.69, 9.17) is 4.74 Å². The van der Waals surface area contributed by atoms with Gasteiger partial charge in [0.1, 0.15) is 0 Å². The van der Waals surface area contributed by atoms with Crippen LogP contribution in [0.3, 0.4) is 0 Å². The molecule has 2 aromatic heterocycles. The van der Waals surface area contributed by atoms with Crippen LogP contribution in [0.5, 0.6) is 0 Å². The lowest BCUT2D eigenvalue weighted by Gasteiger charge is -2.06. The highest BCUT2D eigenvalue weighted by Gasteiger charge is 2.13. The van der Waals surface area contributed by atoms with Gasteiger partial charge in [0.2, 0.25) is 0 Å². The molecule has 2 aromatic carbocycles. The van der Waals surface area contributed by atoms with Gasteiger partial charge in [-0.15, -0.1) is 0 Å². The number of hydrogen-bond donors (Lipinski definition) is 0. The Balaban J connectivity index is 1.88. The Hall–Kier alpha value is -3.14. The molecule has 0 spiro atoms. The van der Waals surface area contributed by atoms with Gasteiger partial charge >= 0.3 is 5.97 Å². The zero-order chi connectivity index (χ0) is 15.8. The number of ether oxygens (including phenoxy) is 1. The molecule has 0 N–H and O–H groups in total. The molecule has 4 rings (SSSR count). The molecule has 0 fully saturated rings.